The maximum Gasteiger partial charge on any atom is 0.322 e. The third kappa shape index (κ3) is 4.43. The average Bonchev–Trinajstić information content (AvgIpc) is 3.49. The van der Waals surface area contributed by atoms with Crippen LogP contribution in [0.25, 0.3) is 0 Å². The van der Waals surface area contributed by atoms with E-state index in [4.69, 9.17) is 9.47 Å². The summed E-state index contributed by atoms with van der Waals surface area (Å²) in [6.45, 7) is 6.24. The highest BCUT2D eigenvalue weighted by molar-refractivity contribution is 6.01. The third-order valence-corrected chi connectivity index (χ3v) is 6.50. The van der Waals surface area contributed by atoms with Crippen LogP contribution in [-0.4, -0.2) is 54.1 Å². The Bertz CT molecular complexity index is 1110. The zero-order valence-electron chi connectivity index (χ0n) is 19.1. The maximum atomic E-state index is 13.5. The van der Waals surface area contributed by atoms with Crippen molar-refractivity contribution in [1.82, 2.24) is 15.1 Å². The molecule has 0 unspecified atom stereocenters. The second-order valence-corrected chi connectivity index (χ2v) is 8.81. The first-order valence-electron chi connectivity index (χ1n) is 11.7. The van der Waals surface area contributed by atoms with E-state index in [-0.39, 0.29) is 18.0 Å². The van der Waals surface area contributed by atoms with Gasteiger partial charge in [0, 0.05) is 19.7 Å². The number of urea groups is 1. The molecule has 1 saturated heterocycles. The Labute approximate surface area is 199 Å². The van der Waals surface area contributed by atoms with Gasteiger partial charge in [-0.05, 0) is 36.1 Å². The molecule has 0 saturated carbocycles. The van der Waals surface area contributed by atoms with E-state index in [2.05, 4.69) is 11.9 Å². The number of benzene rings is 2. The van der Waals surface area contributed by atoms with Crippen molar-refractivity contribution in [1.29, 1.82) is 0 Å². The van der Waals surface area contributed by atoms with Crippen LogP contribution in [0.15, 0.2) is 78.5 Å². The first-order valence-corrected chi connectivity index (χ1v) is 11.7. The van der Waals surface area contributed by atoms with Gasteiger partial charge in [0.25, 0.3) is 5.91 Å². The zero-order valence-corrected chi connectivity index (χ0v) is 19.1. The first-order chi connectivity index (χ1) is 16.6. The summed E-state index contributed by atoms with van der Waals surface area (Å²) in [5.74, 6) is 0.633. The average molecular weight is 460 g/mol. The van der Waals surface area contributed by atoms with Crippen molar-refractivity contribution in [2.45, 2.75) is 31.6 Å². The highest BCUT2D eigenvalue weighted by Gasteiger charge is 2.44. The summed E-state index contributed by atoms with van der Waals surface area (Å²) in [5, 5.41) is 3.03. The number of nitrogens with one attached hydrogen (secondary N) is 1. The van der Waals surface area contributed by atoms with Gasteiger partial charge in [-0.15, -0.1) is 6.58 Å². The fourth-order valence-corrected chi connectivity index (χ4v) is 4.83. The topological polar surface area (TPSA) is 71.1 Å². The van der Waals surface area contributed by atoms with E-state index in [9.17, 15) is 9.59 Å². The molecule has 3 heterocycles. The van der Waals surface area contributed by atoms with Gasteiger partial charge < -0.3 is 19.7 Å². The van der Waals surface area contributed by atoms with Crippen LogP contribution in [0.1, 0.15) is 30.0 Å². The molecule has 2 aromatic carbocycles. The quantitative estimate of drug-likeness (QED) is 0.610. The van der Waals surface area contributed by atoms with Gasteiger partial charge in [0.2, 0.25) is 0 Å². The molecule has 0 radical (unpaired) electrons. The van der Waals surface area contributed by atoms with Crippen molar-refractivity contribution in [2.24, 2.45) is 0 Å². The number of ether oxygens (including phenoxy) is 2. The summed E-state index contributed by atoms with van der Waals surface area (Å²) >= 11 is 0. The maximum absolute atomic E-state index is 13.5. The Hall–Kier alpha value is -3.58. The molecule has 2 aromatic rings. The van der Waals surface area contributed by atoms with Gasteiger partial charge in [-0.25, -0.2) is 4.79 Å². The molecule has 0 spiro atoms. The fraction of sp³-hybridized carbons (Fsp3) is 0.333. The second kappa shape index (κ2) is 9.73. The Kier molecular flexibility index (Phi) is 6.36. The first kappa shape index (κ1) is 22.2. The van der Waals surface area contributed by atoms with Crippen molar-refractivity contribution >= 4 is 11.9 Å². The summed E-state index contributed by atoms with van der Waals surface area (Å²) in [7, 11) is 0. The summed E-state index contributed by atoms with van der Waals surface area (Å²) < 4.78 is 11.8. The Morgan fingerprint density at radius 2 is 2.00 bits per heavy atom. The van der Waals surface area contributed by atoms with E-state index < -0.39 is 6.04 Å². The molecule has 0 aromatic heterocycles. The van der Waals surface area contributed by atoms with Crippen molar-refractivity contribution < 1.29 is 19.1 Å². The number of hydrogen-bond acceptors (Lipinski definition) is 4. The van der Waals surface area contributed by atoms with Crippen molar-refractivity contribution in [3.05, 3.63) is 89.6 Å². The molecule has 0 aliphatic carbocycles. The summed E-state index contributed by atoms with van der Waals surface area (Å²) in [6.07, 6.45) is 3.69. The predicted molar refractivity (Wildman–Crippen MR) is 128 cm³/mol. The lowest BCUT2D eigenvalue weighted by atomic mass is 9.95. The highest BCUT2D eigenvalue weighted by Crippen LogP contribution is 2.37. The molecule has 34 heavy (non-hydrogen) atoms. The Morgan fingerprint density at radius 1 is 1.15 bits per heavy atom. The van der Waals surface area contributed by atoms with Gasteiger partial charge in [-0.2, -0.15) is 0 Å². The molecule has 1 fully saturated rings. The minimum Gasteiger partial charge on any atom is -0.489 e. The molecule has 0 bridgehead atoms. The van der Waals surface area contributed by atoms with Gasteiger partial charge in [0.15, 0.2) is 0 Å². The lowest BCUT2D eigenvalue weighted by molar-refractivity contribution is -0.127. The number of carbonyl (C=O) groups excluding carboxylic acids is 2. The molecule has 176 valence electrons. The van der Waals surface area contributed by atoms with E-state index in [0.717, 1.165) is 36.3 Å². The van der Waals surface area contributed by atoms with Crippen LogP contribution in [0.3, 0.4) is 0 Å². The van der Waals surface area contributed by atoms with Crippen LogP contribution in [0, 0.1) is 0 Å². The fourth-order valence-electron chi connectivity index (χ4n) is 4.83. The largest absolute Gasteiger partial charge is 0.489 e. The number of nitrogens with zero attached hydrogens (tertiary/aromatic N) is 2. The van der Waals surface area contributed by atoms with Crippen LogP contribution in [0.2, 0.25) is 0 Å². The van der Waals surface area contributed by atoms with Gasteiger partial charge >= 0.3 is 6.03 Å². The monoisotopic (exact) mass is 459 g/mol. The molecule has 2 atom stereocenters. The van der Waals surface area contributed by atoms with Crippen LogP contribution in [0.4, 0.5) is 4.79 Å². The Morgan fingerprint density at radius 3 is 2.76 bits per heavy atom. The molecule has 7 nitrogen and oxygen atoms in total. The van der Waals surface area contributed by atoms with E-state index >= 15 is 0 Å². The molecule has 7 heteroatoms. The molecular formula is C27H29N3O4. The number of amides is 3. The number of rotatable bonds is 8. The lowest BCUT2D eigenvalue weighted by Gasteiger charge is -2.33. The smallest absolute Gasteiger partial charge is 0.322 e. The summed E-state index contributed by atoms with van der Waals surface area (Å²) in [6, 6.07) is 16.8. The van der Waals surface area contributed by atoms with Crippen molar-refractivity contribution in [3.63, 3.8) is 0 Å². The van der Waals surface area contributed by atoms with Crippen molar-refractivity contribution in [2.75, 3.05) is 26.2 Å². The van der Waals surface area contributed by atoms with E-state index in [0.29, 0.717) is 37.6 Å². The standard InChI is InChI=1S/C27H29N3O4/c1-2-13-30-23-17-29(16-22-12-7-14-33-22)26(31)24(23)25(28-27(30)32)20-10-6-11-21(15-20)34-18-19-8-4-3-5-9-19/h2-6,8-11,15,22,25H,1,7,12-14,16-18H2,(H,28,32)/t22-,25+/m0/s1. The van der Waals surface area contributed by atoms with E-state index in [1.807, 2.05) is 54.6 Å². The third-order valence-electron chi connectivity index (χ3n) is 6.50. The second-order valence-electron chi connectivity index (χ2n) is 8.81. The molecule has 3 aliphatic rings. The normalized spacial score (nSPS) is 22.1. The van der Waals surface area contributed by atoms with Gasteiger partial charge in [0.05, 0.1) is 30.0 Å². The molecule has 3 amide bonds. The van der Waals surface area contributed by atoms with Crippen LogP contribution < -0.4 is 10.1 Å². The molecule has 3 aliphatic heterocycles. The van der Waals surface area contributed by atoms with Crippen molar-refractivity contribution in [3.8, 4) is 5.75 Å². The van der Waals surface area contributed by atoms with Crippen LogP contribution in [0.5, 0.6) is 5.75 Å². The van der Waals surface area contributed by atoms with Gasteiger partial charge in [-0.1, -0.05) is 48.5 Å². The number of hydrogen-bond donors (Lipinski definition) is 1. The Balaban J connectivity index is 1.41. The minimum atomic E-state index is -0.536. The van der Waals surface area contributed by atoms with Gasteiger partial charge in [0.1, 0.15) is 12.4 Å². The van der Waals surface area contributed by atoms with Crippen LogP contribution >= 0.6 is 0 Å². The molecule has 1 N–H and O–H groups in total. The summed E-state index contributed by atoms with van der Waals surface area (Å²) in [4.78, 5) is 30.0. The minimum absolute atomic E-state index is 0.0509. The number of carbonyl (C=O) groups is 2. The lowest BCUT2D eigenvalue weighted by Crippen LogP contribution is -2.47. The van der Waals surface area contributed by atoms with Gasteiger partial charge in [-0.3, -0.25) is 9.69 Å². The van der Waals surface area contributed by atoms with E-state index in [1.54, 1.807) is 15.9 Å². The highest BCUT2D eigenvalue weighted by atomic mass is 16.5. The zero-order chi connectivity index (χ0) is 23.5. The SMILES string of the molecule is C=CCN1C(=O)N[C@H](c2cccc(OCc3ccccc3)c2)C2=C1CN(C[C@@H]1CCCO1)C2=O. The predicted octanol–water partition coefficient (Wildman–Crippen LogP) is 3.79. The summed E-state index contributed by atoms with van der Waals surface area (Å²) in [5.41, 5.74) is 3.24. The van der Waals surface area contributed by atoms with Crippen LogP contribution in [-0.2, 0) is 16.1 Å². The van der Waals surface area contributed by atoms with E-state index in [1.165, 1.54) is 0 Å². The molecular weight excluding hydrogens is 430 g/mol. The molecule has 5 rings (SSSR count).